The zero-order valence-corrected chi connectivity index (χ0v) is 6.87. The third-order valence-corrected chi connectivity index (χ3v) is 2.33. The van der Waals surface area contributed by atoms with Gasteiger partial charge < -0.3 is 0 Å². The van der Waals surface area contributed by atoms with Crippen LogP contribution >= 0.6 is 22.9 Å². The summed E-state index contributed by atoms with van der Waals surface area (Å²) >= 11 is 6.81. The van der Waals surface area contributed by atoms with Gasteiger partial charge in [-0.25, -0.2) is 0 Å². The minimum absolute atomic E-state index is 0.369. The van der Waals surface area contributed by atoms with Gasteiger partial charge in [0.2, 0.25) is 0 Å². The fourth-order valence-corrected chi connectivity index (χ4v) is 1.60. The maximum absolute atomic E-state index is 10.9. The zero-order chi connectivity index (χ0) is 8.27. The standard InChI is InChI=1S/C6H3ClN2OS/c7-4-1-2-11-5(4)6(10)9-3-8/h1-2H,(H,9,10). The fraction of sp³-hybridized carbons (Fsp3) is 0. The molecular weight excluding hydrogens is 184 g/mol. The Bertz CT molecular complexity index is 315. The van der Waals surface area contributed by atoms with Gasteiger partial charge in [-0.15, -0.1) is 11.3 Å². The summed E-state index contributed by atoms with van der Waals surface area (Å²) < 4.78 is 0. The Morgan fingerprint density at radius 2 is 2.55 bits per heavy atom. The molecule has 0 aromatic carbocycles. The predicted octanol–water partition coefficient (Wildman–Crippen LogP) is 1.61. The molecule has 0 fully saturated rings. The lowest BCUT2D eigenvalue weighted by atomic mass is 10.4. The molecule has 1 aromatic heterocycles. The lowest BCUT2D eigenvalue weighted by molar-refractivity contribution is 0.0977. The van der Waals surface area contributed by atoms with Crippen LogP contribution in [0.5, 0.6) is 0 Å². The van der Waals surface area contributed by atoms with Crippen LogP contribution < -0.4 is 5.32 Å². The first kappa shape index (κ1) is 8.05. The molecule has 1 heterocycles. The van der Waals surface area contributed by atoms with E-state index in [1.165, 1.54) is 17.5 Å². The minimum atomic E-state index is -0.451. The minimum Gasteiger partial charge on any atom is -0.267 e. The molecule has 0 aliphatic carbocycles. The molecule has 0 aliphatic heterocycles. The molecule has 56 valence electrons. The molecule has 1 aromatic rings. The van der Waals surface area contributed by atoms with Gasteiger partial charge in [-0.1, -0.05) is 11.6 Å². The predicted molar refractivity (Wildman–Crippen MR) is 42.4 cm³/mol. The van der Waals surface area contributed by atoms with Crippen LogP contribution in [0.3, 0.4) is 0 Å². The number of hydrogen-bond donors (Lipinski definition) is 1. The molecule has 0 atom stereocenters. The Morgan fingerprint density at radius 3 is 3.00 bits per heavy atom. The lowest BCUT2D eigenvalue weighted by Crippen LogP contribution is -2.15. The van der Waals surface area contributed by atoms with Crippen LogP contribution in [0, 0.1) is 11.5 Å². The first-order valence-corrected chi connectivity index (χ1v) is 3.94. The smallest absolute Gasteiger partial charge is 0.267 e. The van der Waals surface area contributed by atoms with E-state index in [4.69, 9.17) is 16.9 Å². The van der Waals surface area contributed by atoms with Crippen molar-refractivity contribution in [1.82, 2.24) is 5.32 Å². The second kappa shape index (κ2) is 3.37. The van der Waals surface area contributed by atoms with E-state index in [0.29, 0.717) is 9.90 Å². The van der Waals surface area contributed by atoms with Crippen LogP contribution in [0.4, 0.5) is 0 Å². The zero-order valence-electron chi connectivity index (χ0n) is 5.30. The monoisotopic (exact) mass is 186 g/mol. The fourth-order valence-electron chi connectivity index (χ4n) is 0.563. The highest BCUT2D eigenvalue weighted by Gasteiger charge is 2.09. The normalized spacial score (nSPS) is 8.73. The highest BCUT2D eigenvalue weighted by atomic mass is 35.5. The van der Waals surface area contributed by atoms with E-state index in [1.807, 2.05) is 5.32 Å². The van der Waals surface area contributed by atoms with Gasteiger partial charge in [-0.3, -0.25) is 10.1 Å². The Balaban J connectivity index is 2.86. The number of hydrogen-bond acceptors (Lipinski definition) is 3. The molecule has 0 aliphatic rings. The molecule has 0 saturated carbocycles. The molecule has 11 heavy (non-hydrogen) atoms. The summed E-state index contributed by atoms with van der Waals surface area (Å²) in [6.45, 7) is 0. The van der Waals surface area contributed by atoms with Gasteiger partial charge in [0.25, 0.3) is 5.91 Å². The van der Waals surface area contributed by atoms with Crippen molar-refractivity contribution in [2.24, 2.45) is 0 Å². The van der Waals surface area contributed by atoms with E-state index < -0.39 is 5.91 Å². The number of thiophene rings is 1. The Hall–Kier alpha value is -1.05. The van der Waals surface area contributed by atoms with Crippen molar-refractivity contribution in [2.75, 3.05) is 0 Å². The summed E-state index contributed by atoms with van der Waals surface area (Å²) in [7, 11) is 0. The van der Waals surface area contributed by atoms with Crippen LogP contribution in [0.2, 0.25) is 5.02 Å². The van der Waals surface area contributed by atoms with Crippen LogP contribution in [-0.2, 0) is 0 Å². The summed E-state index contributed by atoms with van der Waals surface area (Å²) in [5.74, 6) is -0.451. The molecule has 0 spiro atoms. The number of nitriles is 1. The van der Waals surface area contributed by atoms with Crippen LogP contribution in [0.25, 0.3) is 0 Å². The second-order valence-electron chi connectivity index (χ2n) is 1.66. The number of nitrogens with zero attached hydrogens (tertiary/aromatic N) is 1. The quantitative estimate of drug-likeness (QED) is 0.535. The Labute approximate surface area is 72.2 Å². The van der Waals surface area contributed by atoms with E-state index in [9.17, 15) is 4.79 Å². The number of rotatable bonds is 1. The number of halogens is 1. The molecule has 1 N–H and O–H groups in total. The highest BCUT2D eigenvalue weighted by Crippen LogP contribution is 2.21. The van der Waals surface area contributed by atoms with Crippen molar-refractivity contribution >= 4 is 28.8 Å². The summed E-state index contributed by atoms with van der Waals surface area (Å²) in [6, 6.07) is 1.61. The molecule has 1 amide bonds. The molecule has 5 heteroatoms. The van der Waals surface area contributed by atoms with Crippen molar-refractivity contribution in [3.63, 3.8) is 0 Å². The highest BCUT2D eigenvalue weighted by molar-refractivity contribution is 7.12. The molecular formula is C6H3ClN2OS. The van der Waals surface area contributed by atoms with Crippen molar-refractivity contribution in [3.05, 3.63) is 21.3 Å². The van der Waals surface area contributed by atoms with Crippen LogP contribution in [-0.4, -0.2) is 5.91 Å². The third kappa shape index (κ3) is 1.70. The van der Waals surface area contributed by atoms with E-state index in [1.54, 1.807) is 11.4 Å². The van der Waals surface area contributed by atoms with Gasteiger partial charge in [0.15, 0.2) is 6.19 Å². The molecule has 0 unspecified atom stereocenters. The number of carbonyl (C=O) groups excluding carboxylic acids is 1. The second-order valence-corrected chi connectivity index (χ2v) is 2.99. The van der Waals surface area contributed by atoms with Gasteiger partial charge in [0.05, 0.1) is 5.02 Å². The third-order valence-electron chi connectivity index (χ3n) is 0.993. The van der Waals surface area contributed by atoms with Crippen LogP contribution in [0.15, 0.2) is 11.4 Å². The SMILES string of the molecule is N#CNC(=O)c1sccc1Cl. The maximum Gasteiger partial charge on any atom is 0.275 e. The van der Waals surface area contributed by atoms with E-state index >= 15 is 0 Å². The summed E-state index contributed by atoms with van der Waals surface area (Å²) in [5.41, 5.74) is 0. The van der Waals surface area contributed by atoms with Crippen molar-refractivity contribution < 1.29 is 4.79 Å². The maximum atomic E-state index is 10.9. The lowest BCUT2D eigenvalue weighted by Gasteiger charge is -1.91. The van der Waals surface area contributed by atoms with Gasteiger partial charge in [-0.05, 0) is 11.4 Å². The van der Waals surface area contributed by atoms with Crippen molar-refractivity contribution in [1.29, 1.82) is 5.26 Å². The topological polar surface area (TPSA) is 52.9 Å². The van der Waals surface area contributed by atoms with E-state index in [0.717, 1.165) is 0 Å². The van der Waals surface area contributed by atoms with Gasteiger partial charge in [-0.2, -0.15) is 5.26 Å². The van der Waals surface area contributed by atoms with E-state index in [2.05, 4.69) is 0 Å². The van der Waals surface area contributed by atoms with E-state index in [-0.39, 0.29) is 0 Å². The first-order valence-electron chi connectivity index (χ1n) is 2.68. The average Bonchev–Trinajstić information content (AvgIpc) is 2.36. The molecule has 0 bridgehead atoms. The summed E-state index contributed by atoms with van der Waals surface area (Å²) in [6.07, 6.45) is 1.53. The van der Waals surface area contributed by atoms with Gasteiger partial charge in [0.1, 0.15) is 4.88 Å². The van der Waals surface area contributed by atoms with Gasteiger partial charge in [0, 0.05) is 0 Å². The Morgan fingerprint density at radius 1 is 1.82 bits per heavy atom. The molecule has 3 nitrogen and oxygen atoms in total. The van der Waals surface area contributed by atoms with Crippen molar-refractivity contribution in [3.8, 4) is 6.19 Å². The number of nitrogens with one attached hydrogen (secondary N) is 1. The largest absolute Gasteiger partial charge is 0.275 e. The number of amides is 1. The molecule has 0 saturated heterocycles. The summed E-state index contributed by atoms with van der Waals surface area (Å²) in [4.78, 5) is 11.3. The molecule has 1 rings (SSSR count). The molecule has 0 radical (unpaired) electrons. The van der Waals surface area contributed by atoms with Gasteiger partial charge >= 0.3 is 0 Å². The summed E-state index contributed by atoms with van der Waals surface area (Å²) in [5, 5.41) is 12.2. The average molecular weight is 187 g/mol. The Kier molecular flexibility index (Phi) is 2.47. The number of carbonyl (C=O) groups is 1. The van der Waals surface area contributed by atoms with Crippen LogP contribution in [0.1, 0.15) is 9.67 Å². The van der Waals surface area contributed by atoms with Crippen molar-refractivity contribution in [2.45, 2.75) is 0 Å². The first-order chi connectivity index (χ1) is 5.25.